The van der Waals surface area contributed by atoms with Gasteiger partial charge in [-0.25, -0.2) is 0 Å². The Morgan fingerprint density at radius 1 is 1.06 bits per heavy atom. The van der Waals surface area contributed by atoms with Crippen molar-refractivity contribution in [2.75, 3.05) is 0 Å². The average molecular weight is 250 g/mol. The summed E-state index contributed by atoms with van der Waals surface area (Å²) in [6.45, 7) is 16.2. The highest BCUT2D eigenvalue weighted by molar-refractivity contribution is 4.96. The van der Waals surface area contributed by atoms with E-state index >= 15 is 0 Å². The standard InChI is InChI=1S/C18H34/c1-8-16(4)17(5)14-18(6,7)13-11-9-10-12-15(2)3/h9,13,15-17H,8,10,12,14H2,1-7H3. The predicted octanol–water partition coefficient (Wildman–Crippen LogP) is 6.23. The van der Waals surface area contributed by atoms with Gasteiger partial charge in [-0.1, -0.05) is 54.9 Å². The lowest BCUT2D eigenvalue weighted by molar-refractivity contribution is 0.270. The van der Waals surface area contributed by atoms with Gasteiger partial charge in [0.1, 0.15) is 0 Å². The van der Waals surface area contributed by atoms with Crippen molar-refractivity contribution in [3.63, 3.8) is 0 Å². The van der Waals surface area contributed by atoms with E-state index in [4.69, 9.17) is 0 Å². The van der Waals surface area contributed by atoms with E-state index in [0.717, 1.165) is 24.2 Å². The Labute approximate surface area is 116 Å². The molecule has 0 N–H and O–H groups in total. The van der Waals surface area contributed by atoms with E-state index in [1.165, 1.54) is 19.3 Å². The zero-order valence-electron chi connectivity index (χ0n) is 13.7. The van der Waals surface area contributed by atoms with Crippen LogP contribution in [-0.2, 0) is 0 Å². The zero-order valence-corrected chi connectivity index (χ0v) is 13.7. The van der Waals surface area contributed by atoms with Crippen molar-refractivity contribution in [1.29, 1.82) is 0 Å². The molecule has 0 aromatic heterocycles. The van der Waals surface area contributed by atoms with E-state index < -0.39 is 0 Å². The van der Waals surface area contributed by atoms with Crippen LogP contribution >= 0.6 is 0 Å². The van der Waals surface area contributed by atoms with E-state index in [1.54, 1.807) is 0 Å². The van der Waals surface area contributed by atoms with Crippen molar-refractivity contribution in [2.45, 2.75) is 74.1 Å². The first-order valence-corrected chi connectivity index (χ1v) is 7.70. The van der Waals surface area contributed by atoms with Crippen molar-refractivity contribution in [1.82, 2.24) is 0 Å². The molecular weight excluding hydrogens is 216 g/mol. The van der Waals surface area contributed by atoms with Gasteiger partial charge < -0.3 is 0 Å². The molecule has 0 rings (SSSR count). The summed E-state index contributed by atoms with van der Waals surface area (Å²) in [6, 6.07) is 0. The minimum Gasteiger partial charge on any atom is -0.129 e. The molecule has 0 fully saturated rings. The second-order valence-corrected chi connectivity index (χ2v) is 7.04. The van der Waals surface area contributed by atoms with Gasteiger partial charge in [0.05, 0.1) is 0 Å². The molecule has 0 aromatic rings. The van der Waals surface area contributed by atoms with E-state index in [2.05, 4.69) is 66.3 Å². The predicted molar refractivity (Wildman–Crippen MR) is 83.7 cm³/mol. The van der Waals surface area contributed by atoms with E-state index in [-0.39, 0.29) is 5.41 Å². The van der Waals surface area contributed by atoms with Gasteiger partial charge >= 0.3 is 0 Å². The quantitative estimate of drug-likeness (QED) is 0.448. The Morgan fingerprint density at radius 2 is 1.67 bits per heavy atom. The van der Waals surface area contributed by atoms with Crippen LogP contribution in [0.15, 0.2) is 17.9 Å². The van der Waals surface area contributed by atoms with Crippen LogP contribution in [0, 0.1) is 23.2 Å². The number of hydrogen-bond acceptors (Lipinski definition) is 0. The molecule has 0 aliphatic rings. The van der Waals surface area contributed by atoms with Gasteiger partial charge in [-0.05, 0) is 54.6 Å². The SMILES string of the molecule is CCC(C)C(C)CC(C)(C)C=C=CCCC(C)C. The summed E-state index contributed by atoms with van der Waals surface area (Å²) < 4.78 is 0. The minimum absolute atomic E-state index is 0.275. The Hall–Kier alpha value is -0.480. The second-order valence-electron chi connectivity index (χ2n) is 7.04. The number of allylic oxidation sites excluding steroid dienone is 1. The monoisotopic (exact) mass is 250 g/mol. The molecule has 0 amide bonds. The molecule has 0 nitrogen and oxygen atoms in total. The second kappa shape index (κ2) is 8.59. The maximum atomic E-state index is 3.39. The molecule has 0 aliphatic heterocycles. The molecule has 0 spiro atoms. The Balaban J connectivity index is 4.24. The minimum atomic E-state index is 0.275. The maximum absolute atomic E-state index is 3.39. The third kappa shape index (κ3) is 8.59. The highest BCUT2D eigenvalue weighted by Crippen LogP contribution is 2.31. The van der Waals surface area contributed by atoms with Gasteiger partial charge in [-0.3, -0.25) is 0 Å². The van der Waals surface area contributed by atoms with Crippen LogP contribution < -0.4 is 0 Å². The van der Waals surface area contributed by atoms with Gasteiger partial charge in [0.25, 0.3) is 0 Å². The van der Waals surface area contributed by atoms with Crippen LogP contribution in [0.2, 0.25) is 0 Å². The summed E-state index contributed by atoms with van der Waals surface area (Å²) in [4.78, 5) is 0. The molecule has 106 valence electrons. The summed E-state index contributed by atoms with van der Waals surface area (Å²) in [5.41, 5.74) is 3.67. The maximum Gasteiger partial charge on any atom is -0.00965 e. The lowest BCUT2D eigenvalue weighted by atomic mass is 9.78. The molecule has 0 saturated carbocycles. The number of rotatable bonds is 8. The van der Waals surface area contributed by atoms with Crippen molar-refractivity contribution < 1.29 is 0 Å². The lowest BCUT2D eigenvalue weighted by Gasteiger charge is -2.27. The lowest BCUT2D eigenvalue weighted by Crippen LogP contribution is -2.17. The summed E-state index contributed by atoms with van der Waals surface area (Å²) >= 11 is 0. The first kappa shape index (κ1) is 17.5. The van der Waals surface area contributed by atoms with E-state index in [0.29, 0.717) is 0 Å². The zero-order chi connectivity index (χ0) is 14.2. The number of hydrogen-bond donors (Lipinski definition) is 0. The molecule has 0 heterocycles. The molecular formula is C18H34. The highest BCUT2D eigenvalue weighted by atomic mass is 14.3. The van der Waals surface area contributed by atoms with Crippen LogP contribution in [0.5, 0.6) is 0 Å². The van der Waals surface area contributed by atoms with Crippen molar-refractivity contribution >= 4 is 0 Å². The van der Waals surface area contributed by atoms with Gasteiger partial charge in [0.2, 0.25) is 0 Å². The summed E-state index contributed by atoms with van der Waals surface area (Å²) in [5, 5.41) is 0. The van der Waals surface area contributed by atoms with Crippen molar-refractivity contribution in [3.8, 4) is 0 Å². The average Bonchev–Trinajstić information content (AvgIpc) is 2.26. The molecule has 2 atom stereocenters. The third-order valence-electron chi connectivity index (χ3n) is 3.94. The van der Waals surface area contributed by atoms with E-state index in [9.17, 15) is 0 Å². The summed E-state index contributed by atoms with van der Waals surface area (Å²) in [6.07, 6.45) is 9.44. The fraction of sp³-hybridized carbons (Fsp3) is 0.833. The Bertz CT molecular complexity index is 264. The molecule has 0 aliphatic carbocycles. The first-order chi connectivity index (χ1) is 8.28. The normalized spacial score (nSPS) is 15.1. The van der Waals surface area contributed by atoms with Gasteiger partial charge in [-0.2, -0.15) is 0 Å². The summed E-state index contributed by atoms with van der Waals surface area (Å²) in [5.74, 6) is 2.41. The fourth-order valence-corrected chi connectivity index (χ4v) is 2.28. The van der Waals surface area contributed by atoms with Gasteiger partial charge in [0, 0.05) is 0 Å². The molecule has 18 heavy (non-hydrogen) atoms. The smallest absolute Gasteiger partial charge is 0.00965 e. The van der Waals surface area contributed by atoms with Crippen LogP contribution in [0.1, 0.15) is 74.1 Å². The molecule has 0 heteroatoms. The van der Waals surface area contributed by atoms with Crippen LogP contribution in [0.25, 0.3) is 0 Å². The molecule has 2 unspecified atom stereocenters. The molecule has 0 saturated heterocycles. The largest absolute Gasteiger partial charge is 0.129 e. The van der Waals surface area contributed by atoms with Gasteiger partial charge in [-0.15, -0.1) is 5.73 Å². The topological polar surface area (TPSA) is 0 Å². The molecule has 0 bridgehead atoms. The third-order valence-corrected chi connectivity index (χ3v) is 3.94. The highest BCUT2D eigenvalue weighted by Gasteiger charge is 2.20. The first-order valence-electron chi connectivity index (χ1n) is 7.70. The Kier molecular flexibility index (Phi) is 8.36. The fourth-order valence-electron chi connectivity index (χ4n) is 2.28. The summed E-state index contributed by atoms with van der Waals surface area (Å²) in [7, 11) is 0. The van der Waals surface area contributed by atoms with Crippen LogP contribution in [0.4, 0.5) is 0 Å². The molecule has 0 aromatic carbocycles. The van der Waals surface area contributed by atoms with Gasteiger partial charge in [0.15, 0.2) is 0 Å². The van der Waals surface area contributed by atoms with Crippen molar-refractivity contribution in [3.05, 3.63) is 17.9 Å². The Morgan fingerprint density at radius 3 is 2.17 bits per heavy atom. The van der Waals surface area contributed by atoms with Crippen LogP contribution in [-0.4, -0.2) is 0 Å². The van der Waals surface area contributed by atoms with Crippen LogP contribution in [0.3, 0.4) is 0 Å². The van der Waals surface area contributed by atoms with Crippen molar-refractivity contribution in [2.24, 2.45) is 23.2 Å². The molecule has 0 radical (unpaired) electrons. The van der Waals surface area contributed by atoms with E-state index in [1.807, 2.05) is 0 Å².